The van der Waals surface area contributed by atoms with Gasteiger partial charge in [-0.25, -0.2) is 9.97 Å². The van der Waals surface area contributed by atoms with Gasteiger partial charge < -0.3 is 10.2 Å². The summed E-state index contributed by atoms with van der Waals surface area (Å²) in [5, 5.41) is 3.95. The van der Waals surface area contributed by atoms with E-state index >= 15 is 0 Å². The van der Waals surface area contributed by atoms with E-state index in [2.05, 4.69) is 36.1 Å². The maximum atomic E-state index is 12.4. The Kier molecular flexibility index (Phi) is 4.36. The summed E-state index contributed by atoms with van der Waals surface area (Å²) >= 11 is 3.37. The molecule has 4 rings (SSSR count). The SMILES string of the molecule is O=C(Nc1ccc2c(N3CCCC3)ncnc2c1)c1ccc(Br)cc1. The third kappa shape index (κ3) is 3.35. The molecule has 1 aliphatic heterocycles. The number of nitrogens with zero attached hydrogens (tertiary/aromatic N) is 3. The highest BCUT2D eigenvalue weighted by atomic mass is 79.9. The lowest BCUT2D eigenvalue weighted by Crippen LogP contribution is -2.19. The van der Waals surface area contributed by atoms with Crippen molar-refractivity contribution in [3.63, 3.8) is 0 Å². The van der Waals surface area contributed by atoms with Gasteiger partial charge in [-0.15, -0.1) is 0 Å². The number of carbonyl (C=O) groups is 1. The number of hydrogen-bond acceptors (Lipinski definition) is 4. The Morgan fingerprint density at radius 3 is 2.56 bits per heavy atom. The standard InChI is InChI=1S/C19H17BrN4O/c20-14-5-3-13(4-6-14)19(25)23-15-7-8-16-17(11-15)21-12-22-18(16)24-9-1-2-10-24/h3-8,11-12H,1-2,9-10H2,(H,23,25). The maximum absolute atomic E-state index is 12.4. The van der Waals surface area contributed by atoms with Crippen LogP contribution in [0.5, 0.6) is 0 Å². The Morgan fingerprint density at radius 1 is 1.04 bits per heavy atom. The summed E-state index contributed by atoms with van der Waals surface area (Å²) in [5.41, 5.74) is 2.18. The van der Waals surface area contributed by atoms with Crippen molar-refractivity contribution in [2.45, 2.75) is 12.8 Å². The average Bonchev–Trinajstić information content (AvgIpc) is 3.16. The zero-order chi connectivity index (χ0) is 17.2. The van der Waals surface area contributed by atoms with Crippen molar-refractivity contribution in [3.05, 3.63) is 58.8 Å². The number of aromatic nitrogens is 2. The number of halogens is 1. The Labute approximate surface area is 154 Å². The fraction of sp³-hybridized carbons (Fsp3) is 0.211. The van der Waals surface area contributed by atoms with E-state index in [-0.39, 0.29) is 5.91 Å². The van der Waals surface area contributed by atoms with Crippen LogP contribution in [-0.2, 0) is 0 Å². The molecular formula is C19H17BrN4O. The Balaban J connectivity index is 1.61. The topological polar surface area (TPSA) is 58.1 Å². The molecule has 2 aromatic carbocycles. The van der Waals surface area contributed by atoms with E-state index < -0.39 is 0 Å². The predicted octanol–water partition coefficient (Wildman–Crippen LogP) is 4.24. The summed E-state index contributed by atoms with van der Waals surface area (Å²) in [6.07, 6.45) is 4.00. The molecule has 5 nitrogen and oxygen atoms in total. The molecule has 25 heavy (non-hydrogen) atoms. The van der Waals surface area contributed by atoms with Crippen LogP contribution in [0.3, 0.4) is 0 Å². The van der Waals surface area contributed by atoms with Gasteiger partial charge in [0.15, 0.2) is 0 Å². The molecule has 0 bridgehead atoms. The molecule has 0 aliphatic carbocycles. The molecule has 1 fully saturated rings. The van der Waals surface area contributed by atoms with E-state index in [1.54, 1.807) is 18.5 Å². The molecule has 0 saturated carbocycles. The highest BCUT2D eigenvalue weighted by Gasteiger charge is 2.16. The van der Waals surface area contributed by atoms with Crippen LogP contribution >= 0.6 is 15.9 Å². The minimum Gasteiger partial charge on any atom is -0.356 e. The van der Waals surface area contributed by atoms with E-state index in [1.165, 1.54) is 12.8 Å². The number of fused-ring (bicyclic) bond motifs is 1. The fourth-order valence-electron chi connectivity index (χ4n) is 3.11. The van der Waals surface area contributed by atoms with Gasteiger partial charge in [0.25, 0.3) is 5.91 Å². The normalized spacial score (nSPS) is 14.0. The van der Waals surface area contributed by atoms with Gasteiger partial charge in [0.1, 0.15) is 12.1 Å². The first kappa shape index (κ1) is 16.0. The second-order valence-electron chi connectivity index (χ2n) is 6.08. The second-order valence-corrected chi connectivity index (χ2v) is 7.00. The molecule has 0 spiro atoms. The Bertz CT molecular complexity index is 920. The number of carbonyl (C=O) groups excluding carboxylic acids is 1. The fourth-order valence-corrected chi connectivity index (χ4v) is 3.37. The molecule has 3 aromatic rings. The third-order valence-corrected chi connectivity index (χ3v) is 4.91. The van der Waals surface area contributed by atoms with Gasteiger partial charge in [-0.3, -0.25) is 4.79 Å². The average molecular weight is 397 g/mol. The summed E-state index contributed by atoms with van der Waals surface area (Å²) < 4.78 is 0.945. The van der Waals surface area contributed by atoms with Crippen molar-refractivity contribution < 1.29 is 4.79 Å². The highest BCUT2D eigenvalue weighted by Crippen LogP contribution is 2.27. The molecule has 1 aromatic heterocycles. The molecule has 0 unspecified atom stereocenters. The van der Waals surface area contributed by atoms with Crippen molar-refractivity contribution in [3.8, 4) is 0 Å². The van der Waals surface area contributed by atoms with Crippen LogP contribution in [0.2, 0.25) is 0 Å². The van der Waals surface area contributed by atoms with Crippen molar-refractivity contribution in [2.24, 2.45) is 0 Å². The minimum atomic E-state index is -0.138. The zero-order valence-corrected chi connectivity index (χ0v) is 15.2. The number of rotatable bonds is 3. The van der Waals surface area contributed by atoms with E-state index in [1.807, 2.05) is 30.3 Å². The lowest BCUT2D eigenvalue weighted by molar-refractivity contribution is 0.102. The van der Waals surface area contributed by atoms with E-state index in [0.717, 1.165) is 40.0 Å². The summed E-state index contributed by atoms with van der Waals surface area (Å²) in [4.78, 5) is 23.5. The van der Waals surface area contributed by atoms with Crippen molar-refractivity contribution >= 4 is 44.2 Å². The molecule has 1 saturated heterocycles. The lowest BCUT2D eigenvalue weighted by Gasteiger charge is -2.18. The molecule has 0 radical (unpaired) electrons. The second kappa shape index (κ2) is 6.80. The Morgan fingerprint density at radius 2 is 1.80 bits per heavy atom. The number of hydrogen-bond donors (Lipinski definition) is 1. The first-order chi connectivity index (χ1) is 12.2. The zero-order valence-electron chi connectivity index (χ0n) is 13.6. The summed E-state index contributed by atoms with van der Waals surface area (Å²) in [6.45, 7) is 2.07. The number of anilines is 2. The number of amides is 1. The van der Waals surface area contributed by atoms with Crippen LogP contribution in [0.15, 0.2) is 53.3 Å². The van der Waals surface area contributed by atoms with E-state index in [4.69, 9.17) is 0 Å². The summed E-state index contributed by atoms with van der Waals surface area (Å²) in [5.74, 6) is 0.842. The van der Waals surface area contributed by atoms with E-state index in [0.29, 0.717) is 5.56 Å². The third-order valence-electron chi connectivity index (χ3n) is 4.39. The van der Waals surface area contributed by atoms with Crippen LogP contribution < -0.4 is 10.2 Å². The predicted molar refractivity (Wildman–Crippen MR) is 103 cm³/mol. The minimum absolute atomic E-state index is 0.138. The molecule has 0 atom stereocenters. The Hall–Kier alpha value is -2.47. The summed E-state index contributed by atoms with van der Waals surface area (Å²) in [6, 6.07) is 13.1. The summed E-state index contributed by atoms with van der Waals surface area (Å²) in [7, 11) is 0. The molecule has 1 N–H and O–H groups in total. The van der Waals surface area contributed by atoms with Crippen LogP contribution in [0.25, 0.3) is 10.9 Å². The van der Waals surface area contributed by atoms with Crippen molar-refractivity contribution in [1.29, 1.82) is 0 Å². The monoisotopic (exact) mass is 396 g/mol. The van der Waals surface area contributed by atoms with Gasteiger partial charge in [-0.1, -0.05) is 15.9 Å². The highest BCUT2D eigenvalue weighted by molar-refractivity contribution is 9.10. The van der Waals surface area contributed by atoms with Crippen LogP contribution in [-0.4, -0.2) is 29.0 Å². The van der Waals surface area contributed by atoms with Crippen molar-refractivity contribution in [1.82, 2.24) is 9.97 Å². The van der Waals surface area contributed by atoms with Crippen LogP contribution in [0.4, 0.5) is 11.5 Å². The largest absolute Gasteiger partial charge is 0.356 e. The smallest absolute Gasteiger partial charge is 0.255 e. The quantitative estimate of drug-likeness (QED) is 0.718. The number of nitrogens with one attached hydrogen (secondary N) is 1. The first-order valence-corrected chi connectivity index (χ1v) is 9.07. The molecule has 1 aliphatic rings. The molecule has 1 amide bonds. The van der Waals surface area contributed by atoms with Gasteiger partial charge in [0.2, 0.25) is 0 Å². The van der Waals surface area contributed by atoms with E-state index in [9.17, 15) is 4.79 Å². The van der Waals surface area contributed by atoms with Crippen LogP contribution in [0.1, 0.15) is 23.2 Å². The van der Waals surface area contributed by atoms with Gasteiger partial charge in [-0.2, -0.15) is 0 Å². The molecule has 6 heteroatoms. The van der Waals surface area contributed by atoms with Gasteiger partial charge in [0, 0.05) is 34.2 Å². The van der Waals surface area contributed by atoms with Gasteiger partial charge in [0.05, 0.1) is 5.52 Å². The van der Waals surface area contributed by atoms with Gasteiger partial charge in [-0.05, 0) is 55.3 Å². The van der Waals surface area contributed by atoms with Crippen molar-refractivity contribution in [2.75, 3.05) is 23.3 Å². The molecular weight excluding hydrogens is 380 g/mol. The number of benzene rings is 2. The molecule has 2 heterocycles. The van der Waals surface area contributed by atoms with Crippen LogP contribution in [0, 0.1) is 0 Å². The molecule has 126 valence electrons. The van der Waals surface area contributed by atoms with Gasteiger partial charge >= 0.3 is 0 Å². The maximum Gasteiger partial charge on any atom is 0.255 e. The lowest BCUT2D eigenvalue weighted by atomic mass is 10.2. The first-order valence-electron chi connectivity index (χ1n) is 8.27.